The van der Waals surface area contributed by atoms with E-state index in [0.29, 0.717) is 0 Å². The smallest absolute Gasteiger partial charge is 0.338 e. The molecule has 114 valence electrons. The first-order valence-electron chi connectivity index (χ1n) is 6.04. The summed E-state index contributed by atoms with van der Waals surface area (Å²) in [6, 6.07) is 4.15. The van der Waals surface area contributed by atoms with Crippen LogP contribution < -0.4 is 11.3 Å². The van der Waals surface area contributed by atoms with Crippen LogP contribution >= 0.6 is 0 Å². The molecule has 0 aromatic heterocycles. The molecule has 21 heavy (non-hydrogen) atoms. The van der Waals surface area contributed by atoms with Crippen molar-refractivity contribution in [1.82, 2.24) is 4.90 Å². The maximum absolute atomic E-state index is 12.7. The number of carbonyl (C=O) groups is 1. The average molecular weight is 300 g/mol. The molecule has 0 fully saturated rings. The van der Waals surface area contributed by atoms with Gasteiger partial charge in [0.25, 0.3) is 5.91 Å². The lowest BCUT2D eigenvalue weighted by atomic mass is 10.1. The highest BCUT2D eigenvalue weighted by molar-refractivity contribution is 5.99. The van der Waals surface area contributed by atoms with Crippen LogP contribution in [0.4, 0.5) is 18.9 Å². The number of carbonyl (C=O) groups excluding carboxylic acids is 1. The number of nitriles is 1. The molecule has 0 saturated heterocycles. The Kier molecular flexibility index (Phi) is 5.16. The SMILES string of the molecule is CC(CC#N)N(C)C(=O)c1cc(C(F)(F)F)ccc1NN. The van der Waals surface area contributed by atoms with Crippen molar-refractivity contribution >= 4 is 11.6 Å². The molecule has 1 aromatic rings. The molecule has 1 aromatic carbocycles. The van der Waals surface area contributed by atoms with E-state index in [2.05, 4.69) is 5.43 Å². The molecule has 0 spiro atoms. The summed E-state index contributed by atoms with van der Waals surface area (Å²) in [5, 5.41) is 8.62. The van der Waals surface area contributed by atoms with Gasteiger partial charge in [-0.1, -0.05) is 0 Å². The van der Waals surface area contributed by atoms with Crippen LogP contribution in [0.5, 0.6) is 0 Å². The van der Waals surface area contributed by atoms with Gasteiger partial charge < -0.3 is 10.3 Å². The van der Waals surface area contributed by atoms with Gasteiger partial charge in [0, 0.05) is 13.1 Å². The van der Waals surface area contributed by atoms with Gasteiger partial charge in [0.1, 0.15) is 0 Å². The van der Waals surface area contributed by atoms with Gasteiger partial charge in [-0.15, -0.1) is 0 Å². The first kappa shape index (κ1) is 16.8. The summed E-state index contributed by atoms with van der Waals surface area (Å²) in [6.07, 6.45) is -4.48. The highest BCUT2D eigenvalue weighted by Crippen LogP contribution is 2.32. The number of anilines is 1. The van der Waals surface area contributed by atoms with Crippen LogP contribution in [0.15, 0.2) is 18.2 Å². The highest BCUT2D eigenvalue weighted by atomic mass is 19.4. The van der Waals surface area contributed by atoms with Crippen LogP contribution in [0.2, 0.25) is 0 Å². The Morgan fingerprint density at radius 3 is 2.62 bits per heavy atom. The van der Waals surface area contributed by atoms with Crippen molar-refractivity contribution in [3.05, 3.63) is 29.3 Å². The third kappa shape index (κ3) is 3.86. The number of nitrogens with one attached hydrogen (secondary N) is 1. The Bertz CT molecular complexity index is 566. The van der Waals surface area contributed by atoms with Crippen molar-refractivity contribution < 1.29 is 18.0 Å². The lowest BCUT2D eigenvalue weighted by Gasteiger charge is -2.24. The number of benzene rings is 1. The van der Waals surface area contributed by atoms with E-state index in [1.807, 2.05) is 6.07 Å². The van der Waals surface area contributed by atoms with E-state index >= 15 is 0 Å². The predicted octanol–water partition coefficient (Wildman–Crippen LogP) is 2.37. The number of alkyl halides is 3. The Balaban J connectivity index is 3.21. The minimum Gasteiger partial charge on any atom is -0.338 e. The van der Waals surface area contributed by atoms with Crippen molar-refractivity contribution in [2.24, 2.45) is 5.84 Å². The molecule has 0 saturated carbocycles. The molecule has 0 aliphatic heterocycles. The Labute approximate surface area is 120 Å². The van der Waals surface area contributed by atoms with Gasteiger partial charge >= 0.3 is 6.18 Å². The lowest BCUT2D eigenvalue weighted by Crippen LogP contribution is -2.35. The topological polar surface area (TPSA) is 82.2 Å². The molecular weight excluding hydrogens is 285 g/mol. The normalized spacial score (nSPS) is 12.4. The quantitative estimate of drug-likeness (QED) is 0.660. The Hall–Kier alpha value is -2.27. The van der Waals surface area contributed by atoms with Crippen LogP contribution in [0.25, 0.3) is 0 Å². The Morgan fingerprint density at radius 2 is 2.14 bits per heavy atom. The summed E-state index contributed by atoms with van der Waals surface area (Å²) in [5.41, 5.74) is 1.15. The average Bonchev–Trinajstić information content (AvgIpc) is 2.44. The molecule has 1 amide bonds. The second-order valence-electron chi connectivity index (χ2n) is 4.53. The summed E-state index contributed by atoms with van der Waals surface area (Å²) in [4.78, 5) is 13.5. The summed E-state index contributed by atoms with van der Waals surface area (Å²) in [7, 11) is 1.42. The third-order valence-corrected chi connectivity index (χ3v) is 3.10. The minimum absolute atomic E-state index is 0.0760. The van der Waals surface area contributed by atoms with Gasteiger partial charge in [0.15, 0.2) is 0 Å². The fourth-order valence-corrected chi connectivity index (χ4v) is 1.68. The number of nitrogens with two attached hydrogens (primary N) is 1. The zero-order valence-corrected chi connectivity index (χ0v) is 11.5. The maximum Gasteiger partial charge on any atom is 0.416 e. The second kappa shape index (κ2) is 6.45. The van der Waals surface area contributed by atoms with E-state index in [0.717, 1.165) is 18.2 Å². The molecule has 3 N–H and O–H groups in total. The van der Waals surface area contributed by atoms with Gasteiger partial charge in [-0.25, -0.2) is 0 Å². The van der Waals surface area contributed by atoms with Crippen LogP contribution in [0.1, 0.15) is 29.3 Å². The van der Waals surface area contributed by atoms with Gasteiger partial charge in [-0.3, -0.25) is 10.6 Å². The van der Waals surface area contributed by atoms with Crippen LogP contribution in [0, 0.1) is 11.3 Å². The fraction of sp³-hybridized carbons (Fsp3) is 0.385. The molecule has 0 heterocycles. The molecule has 1 atom stereocenters. The highest BCUT2D eigenvalue weighted by Gasteiger charge is 2.32. The molecule has 0 bridgehead atoms. The zero-order chi connectivity index (χ0) is 16.2. The van der Waals surface area contributed by atoms with Gasteiger partial charge in [-0.2, -0.15) is 18.4 Å². The number of rotatable bonds is 4. The van der Waals surface area contributed by atoms with Gasteiger partial charge in [0.05, 0.1) is 29.3 Å². The summed E-state index contributed by atoms with van der Waals surface area (Å²) >= 11 is 0. The molecule has 1 rings (SSSR count). The molecule has 0 aliphatic carbocycles. The summed E-state index contributed by atoms with van der Waals surface area (Å²) < 4.78 is 38.2. The van der Waals surface area contributed by atoms with Crippen molar-refractivity contribution in [2.45, 2.75) is 25.6 Å². The summed E-state index contributed by atoms with van der Waals surface area (Å²) in [5.74, 6) is 4.59. The van der Waals surface area contributed by atoms with Gasteiger partial charge in [0.2, 0.25) is 0 Å². The third-order valence-electron chi connectivity index (χ3n) is 3.10. The molecule has 0 aliphatic rings. The van der Waals surface area contributed by atoms with E-state index in [1.54, 1.807) is 6.92 Å². The number of hydrogen-bond donors (Lipinski definition) is 2. The number of hydrazine groups is 1. The van der Waals surface area contributed by atoms with Gasteiger partial charge in [-0.05, 0) is 25.1 Å². The molecule has 8 heteroatoms. The molecule has 0 radical (unpaired) electrons. The van der Waals surface area contributed by atoms with E-state index in [4.69, 9.17) is 11.1 Å². The van der Waals surface area contributed by atoms with Crippen molar-refractivity contribution in [3.63, 3.8) is 0 Å². The van der Waals surface area contributed by atoms with Crippen LogP contribution in [0.3, 0.4) is 0 Å². The molecular formula is C13H15F3N4O. The maximum atomic E-state index is 12.7. The number of hydrogen-bond acceptors (Lipinski definition) is 4. The van der Waals surface area contributed by atoms with E-state index in [-0.39, 0.29) is 17.7 Å². The number of amides is 1. The number of halogens is 3. The largest absolute Gasteiger partial charge is 0.416 e. The number of nitrogen functional groups attached to an aromatic ring is 1. The summed E-state index contributed by atoms with van der Waals surface area (Å²) in [6.45, 7) is 1.63. The first-order valence-corrected chi connectivity index (χ1v) is 6.04. The Morgan fingerprint density at radius 1 is 1.52 bits per heavy atom. The van der Waals surface area contributed by atoms with Crippen molar-refractivity contribution in [3.8, 4) is 6.07 Å². The molecule has 5 nitrogen and oxygen atoms in total. The first-order chi connectivity index (χ1) is 9.72. The van der Waals surface area contributed by atoms with Crippen molar-refractivity contribution in [2.75, 3.05) is 12.5 Å². The zero-order valence-electron chi connectivity index (χ0n) is 11.5. The van der Waals surface area contributed by atoms with E-state index in [1.165, 1.54) is 11.9 Å². The fourth-order valence-electron chi connectivity index (χ4n) is 1.68. The van der Waals surface area contributed by atoms with E-state index in [9.17, 15) is 18.0 Å². The van der Waals surface area contributed by atoms with Crippen LogP contribution in [-0.4, -0.2) is 23.9 Å². The number of nitrogens with zero attached hydrogens (tertiary/aromatic N) is 2. The monoisotopic (exact) mass is 300 g/mol. The standard InChI is InChI=1S/C13H15F3N4O/c1-8(5-6-17)20(2)12(21)10-7-9(13(14,15)16)3-4-11(10)19-18/h3-4,7-8,19H,5,18H2,1-2H3. The predicted molar refractivity (Wildman–Crippen MR) is 71.0 cm³/mol. The second-order valence-corrected chi connectivity index (χ2v) is 4.53. The van der Waals surface area contributed by atoms with Crippen LogP contribution in [-0.2, 0) is 6.18 Å². The minimum atomic E-state index is -4.56. The van der Waals surface area contributed by atoms with Crippen molar-refractivity contribution in [1.29, 1.82) is 5.26 Å². The van der Waals surface area contributed by atoms with E-state index < -0.39 is 23.7 Å². The molecule has 1 unspecified atom stereocenters. The lowest BCUT2D eigenvalue weighted by molar-refractivity contribution is -0.137.